The zero-order valence-electron chi connectivity index (χ0n) is 15.1. The minimum absolute atomic E-state index is 0.0216. The van der Waals surface area contributed by atoms with Crippen LogP contribution in [-0.4, -0.2) is 30.2 Å². The third-order valence-corrected chi connectivity index (χ3v) is 6.56. The number of thiophene rings is 1. The molecule has 0 spiro atoms. The molecular weight excluding hydrogens is 412 g/mol. The largest absolute Gasteiger partial charge is 0.274 e. The summed E-state index contributed by atoms with van der Waals surface area (Å²) in [5.41, 5.74) is 2.38. The summed E-state index contributed by atoms with van der Waals surface area (Å²) in [6, 6.07) is 7.54. The number of aromatic nitrogens is 2. The molecule has 3 heterocycles. The number of anilines is 1. The van der Waals surface area contributed by atoms with Crippen molar-refractivity contribution in [3.05, 3.63) is 59.2 Å². The Labute approximate surface area is 171 Å². The first-order chi connectivity index (χ1) is 14.0. The molecule has 148 valence electrons. The summed E-state index contributed by atoms with van der Waals surface area (Å²) in [5, 5.41) is 3.83. The molecule has 1 saturated heterocycles. The summed E-state index contributed by atoms with van der Waals surface area (Å²) in [7, 11) is -3.81. The Morgan fingerprint density at radius 3 is 2.34 bits per heavy atom. The van der Waals surface area contributed by atoms with Gasteiger partial charge in [0.25, 0.3) is 0 Å². The maximum absolute atomic E-state index is 12.7. The van der Waals surface area contributed by atoms with E-state index in [9.17, 15) is 18.0 Å². The highest BCUT2D eigenvalue weighted by Gasteiger charge is 2.30. The first-order valence-electron chi connectivity index (χ1n) is 8.74. The minimum atomic E-state index is -3.81. The fraction of sp³-hybridized carbons (Fsp3) is 0.158. The van der Waals surface area contributed by atoms with Crippen molar-refractivity contribution in [2.24, 2.45) is 0 Å². The van der Waals surface area contributed by atoms with Crippen molar-refractivity contribution in [2.75, 3.05) is 4.90 Å². The molecule has 8 nitrogen and oxygen atoms in total. The van der Waals surface area contributed by atoms with Gasteiger partial charge in [-0.25, -0.2) is 13.1 Å². The molecule has 4 rings (SSSR count). The molecule has 0 atom stereocenters. The number of carbonyl (C=O) groups excluding carboxylic acids is 2. The molecular formula is C19H16N4O4S2. The van der Waals surface area contributed by atoms with Gasteiger partial charge in [-0.15, -0.1) is 0 Å². The van der Waals surface area contributed by atoms with Crippen LogP contribution in [0.3, 0.4) is 0 Å². The first-order valence-corrected chi connectivity index (χ1v) is 11.2. The molecule has 0 radical (unpaired) electrons. The van der Waals surface area contributed by atoms with Gasteiger partial charge in [-0.3, -0.25) is 24.5 Å². The van der Waals surface area contributed by atoms with Gasteiger partial charge in [-0.2, -0.15) is 11.3 Å². The Morgan fingerprint density at radius 1 is 1.00 bits per heavy atom. The first kappa shape index (κ1) is 19.4. The fourth-order valence-corrected chi connectivity index (χ4v) is 4.65. The van der Waals surface area contributed by atoms with E-state index in [1.165, 1.54) is 41.8 Å². The molecule has 29 heavy (non-hydrogen) atoms. The summed E-state index contributed by atoms with van der Waals surface area (Å²) in [4.78, 5) is 33.3. The van der Waals surface area contributed by atoms with E-state index in [0.717, 1.165) is 10.5 Å². The van der Waals surface area contributed by atoms with E-state index in [0.29, 0.717) is 17.1 Å². The number of hydrogen-bond donors (Lipinski definition) is 1. The predicted molar refractivity (Wildman–Crippen MR) is 108 cm³/mol. The lowest BCUT2D eigenvalue weighted by atomic mass is 10.2. The van der Waals surface area contributed by atoms with Gasteiger partial charge in [-0.1, -0.05) is 0 Å². The van der Waals surface area contributed by atoms with Crippen LogP contribution in [-0.2, 0) is 26.2 Å². The van der Waals surface area contributed by atoms with E-state index >= 15 is 0 Å². The molecule has 1 N–H and O–H groups in total. The van der Waals surface area contributed by atoms with Crippen molar-refractivity contribution < 1.29 is 18.0 Å². The van der Waals surface area contributed by atoms with Crippen molar-refractivity contribution >= 4 is 38.9 Å². The summed E-state index contributed by atoms with van der Waals surface area (Å²) in [5.74, 6) is -0.570. The number of nitrogens with zero attached hydrogens (tertiary/aromatic N) is 3. The number of sulfonamides is 1. The molecule has 3 aromatic rings. The summed E-state index contributed by atoms with van der Waals surface area (Å²) < 4.78 is 27.8. The van der Waals surface area contributed by atoms with E-state index in [1.54, 1.807) is 6.20 Å². The van der Waals surface area contributed by atoms with E-state index in [4.69, 9.17) is 0 Å². The topological polar surface area (TPSA) is 109 Å². The third kappa shape index (κ3) is 3.95. The van der Waals surface area contributed by atoms with Gasteiger partial charge in [0, 0.05) is 36.2 Å². The number of rotatable bonds is 6. The Hall–Kier alpha value is -2.95. The number of benzene rings is 1. The van der Waals surface area contributed by atoms with Crippen LogP contribution in [0.5, 0.6) is 0 Å². The zero-order valence-corrected chi connectivity index (χ0v) is 16.7. The van der Waals surface area contributed by atoms with Crippen molar-refractivity contribution in [1.29, 1.82) is 0 Å². The number of hydrogen-bond acceptors (Lipinski definition) is 7. The Kier molecular flexibility index (Phi) is 5.22. The molecule has 1 fully saturated rings. The highest BCUT2D eigenvalue weighted by atomic mass is 32.2. The molecule has 10 heteroatoms. The Morgan fingerprint density at radius 2 is 1.69 bits per heavy atom. The van der Waals surface area contributed by atoms with E-state index in [1.807, 2.05) is 16.8 Å². The average Bonchev–Trinajstić information content (AvgIpc) is 3.37. The van der Waals surface area contributed by atoms with Crippen LogP contribution < -0.4 is 9.62 Å². The molecule has 1 aliphatic rings. The normalized spacial score (nSPS) is 14.6. The van der Waals surface area contributed by atoms with Gasteiger partial charge in [-0.05, 0) is 35.7 Å². The second-order valence-corrected chi connectivity index (χ2v) is 8.85. The standard InChI is InChI=1S/C19H16N4O4S2/c24-17-5-6-18(25)23(17)14-1-3-15(4-2-14)29(26,27)22-11-16-19(21-9-8-20-16)13-7-10-28-12-13/h1-4,7-10,12,22H,5-6,11H2. The Balaban J connectivity index is 1.52. The SMILES string of the molecule is O=C1CCC(=O)N1c1ccc(S(=O)(=O)NCc2nccnc2-c2ccsc2)cc1. The van der Waals surface area contributed by atoms with E-state index < -0.39 is 10.0 Å². The van der Waals surface area contributed by atoms with Gasteiger partial charge < -0.3 is 0 Å². The molecule has 1 aromatic carbocycles. The van der Waals surface area contributed by atoms with Crippen molar-refractivity contribution in [1.82, 2.24) is 14.7 Å². The third-order valence-electron chi connectivity index (χ3n) is 4.46. The number of carbonyl (C=O) groups is 2. The van der Waals surface area contributed by atoms with Gasteiger partial charge in [0.2, 0.25) is 21.8 Å². The summed E-state index contributed by atoms with van der Waals surface area (Å²) in [6.07, 6.45) is 3.42. The van der Waals surface area contributed by atoms with Crippen LogP contribution in [0.15, 0.2) is 58.4 Å². The molecule has 0 aliphatic carbocycles. The molecule has 0 unspecified atom stereocenters. The fourth-order valence-electron chi connectivity index (χ4n) is 3.02. The van der Waals surface area contributed by atoms with Crippen LogP contribution in [0.25, 0.3) is 11.3 Å². The van der Waals surface area contributed by atoms with Crippen LogP contribution in [0.1, 0.15) is 18.5 Å². The lowest BCUT2D eigenvalue weighted by Gasteiger charge is -2.14. The second kappa shape index (κ2) is 7.82. The predicted octanol–water partition coefficient (Wildman–Crippen LogP) is 2.34. The molecule has 2 aromatic heterocycles. The number of amides is 2. The lowest BCUT2D eigenvalue weighted by Crippen LogP contribution is -2.28. The monoisotopic (exact) mass is 428 g/mol. The van der Waals surface area contributed by atoms with Crippen LogP contribution >= 0.6 is 11.3 Å². The maximum atomic E-state index is 12.7. The molecule has 1 aliphatic heterocycles. The van der Waals surface area contributed by atoms with Gasteiger partial charge >= 0.3 is 0 Å². The number of imide groups is 1. The van der Waals surface area contributed by atoms with E-state index in [2.05, 4.69) is 14.7 Å². The summed E-state index contributed by atoms with van der Waals surface area (Å²) in [6.45, 7) is -0.0216. The molecule has 0 bridgehead atoms. The van der Waals surface area contributed by atoms with Crippen LogP contribution in [0, 0.1) is 0 Å². The van der Waals surface area contributed by atoms with Crippen LogP contribution in [0.4, 0.5) is 5.69 Å². The van der Waals surface area contributed by atoms with Gasteiger partial charge in [0.15, 0.2) is 0 Å². The maximum Gasteiger partial charge on any atom is 0.240 e. The minimum Gasteiger partial charge on any atom is -0.274 e. The highest BCUT2D eigenvalue weighted by molar-refractivity contribution is 7.89. The zero-order chi connectivity index (χ0) is 20.4. The average molecular weight is 428 g/mol. The van der Waals surface area contributed by atoms with Crippen molar-refractivity contribution in [3.63, 3.8) is 0 Å². The molecule has 2 amide bonds. The highest BCUT2D eigenvalue weighted by Crippen LogP contribution is 2.25. The van der Waals surface area contributed by atoms with E-state index in [-0.39, 0.29) is 36.1 Å². The summed E-state index contributed by atoms with van der Waals surface area (Å²) >= 11 is 1.52. The van der Waals surface area contributed by atoms with Gasteiger partial charge in [0.1, 0.15) is 0 Å². The quantitative estimate of drug-likeness (QED) is 0.604. The van der Waals surface area contributed by atoms with Gasteiger partial charge in [0.05, 0.1) is 28.5 Å². The Bertz CT molecular complexity index is 1140. The van der Waals surface area contributed by atoms with Crippen LogP contribution in [0.2, 0.25) is 0 Å². The van der Waals surface area contributed by atoms with Crippen molar-refractivity contribution in [3.8, 4) is 11.3 Å². The molecule has 0 saturated carbocycles. The number of nitrogens with one attached hydrogen (secondary N) is 1. The second-order valence-electron chi connectivity index (χ2n) is 6.31. The lowest BCUT2D eigenvalue weighted by molar-refractivity contribution is -0.121. The smallest absolute Gasteiger partial charge is 0.240 e. The van der Waals surface area contributed by atoms with Crippen molar-refractivity contribution in [2.45, 2.75) is 24.3 Å².